The second-order valence-electron chi connectivity index (χ2n) is 14.9. The normalized spacial score (nSPS) is 14.4. The van der Waals surface area contributed by atoms with E-state index >= 15 is 0 Å². The van der Waals surface area contributed by atoms with Crippen LogP contribution in [0.15, 0.2) is 0 Å². The van der Waals surface area contributed by atoms with E-state index in [1.54, 1.807) is 0 Å². The van der Waals surface area contributed by atoms with Gasteiger partial charge < -0.3 is 34.4 Å². The lowest BCUT2D eigenvalue weighted by molar-refractivity contribution is -0.161. The standard InChI is InChI=1S/C41H81O12P/c1-3-5-7-9-11-13-15-17-19-21-23-25-27-29-40(45)50-35-39(36-52-54(47,48)51-34-38(44)33-49-32-37(43)31-42)53-41(46)30-28-26-24-22-20-18-16-14-12-10-8-6-4-2/h37-39,42-44H,3-36H2,1-2H3,(H,47,48)/t37-,38+,39-/m1/s1. The Labute approximate surface area is 328 Å². The van der Waals surface area contributed by atoms with Crippen LogP contribution in [0.4, 0.5) is 0 Å². The molecule has 0 fully saturated rings. The molecule has 0 aromatic carbocycles. The lowest BCUT2D eigenvalue weighted by Gasteiger charge is -2.20. The Hall–Kier alpha value is -1.11. The highest BCUT2D eigenvalue weighted by Gasteiger charge is 2.27. The Balaban J connectivity index is 4.52. The summed E-state index contributed by atoms with van der Waals surface area (Å²) in [5.74, 6) is -0.945. The summed E-state index contributed by atoms with van der Waals surface area (Å²) >= 11 is 0. The summed E-state index contributed by atoms with van der Waals surface area (Å²) in [5, 5.41) is 28.1. The van der Waals surface area contributed by atoms with Crippen LogP contribution in [0, 0.1) is 0 Å². The van der Waals surface area contributed by atoms with Gasteiger partial charge in [0.25, 0.3) is 0 Å². The fourth-order valence-electron chi connectivity index (χ4n) is 6.03. The lowest BCUT2D eigenvalue weighted by Crippen LogP contribution is -2.30. The first kappa shape index (κ1) is 52.9. The number of aliphatic hydroxyl groups is 3. The first-order valence-electron chi connectivity index (χ1n) is 21.6. The Bertz CT molecular complexity index is 892. The van der Waals surface area contributed by atoms with E-state index < -0.39 is 57.9 Å². The minimum absolute atomic E-state index is 0.172. The molecule has 322 valence electrons. The fraction of sp³-hybridized carbons (Fsp3) is 0.951. The van der Waals surface area contributed by atoms with Gasteiger partial charge in [0.1, 0.15) is 18.8 Å². The van der Waals surface area contributed by atoms with Gasteiger partial charge in [0, 0.05) is 12.8 Å². The third-order valence-corrected chi connectivity index (χ3v) is 10.3. The average Bonchev–Trinajstić information content (AvgIpc) is 3.15. The number of rotatable bonds is 42. The number of unbranched alkanes of at least 4 members (excludes halogenated alkanes) is 24. The predicted molar refractivity (Wildman–Crippen MR) is 213 cm³/mol. The van der Waals surface area contributed by atoms with E-state index in [9.17, 15) is 29.3 Å². The van der Waals surface area contributed by atoms with Gasteiger partial charge in [-0.1, -0.05) is 168 Å². The second-order valence-corrected chi connectivity index (χ2v) is 16.3. The molecule has 0 bridgehead atoms. The monoisotopic (exact) mass is 797 g/mol. The van der Waals surface area contributed by atoms with Gasteiger partial charge in [0.15, 0.2) is 6.10 Å². The van der Waals surface area contributed by atoms with Crippen LogP contribution in [0.3, 0.4) is 0 Å². The van der Waals surface area contributed by atoms with Gasteiger partial charge in [-0.25, -0.2) is 4.57 Å². The SMILES string of the molecule is CCCCCCCCCCCCCCCC(=O)OC[C@H](COP(=O)(O)OC[C@@H](O)COC[C@H](O)CO)OC(=O)CCCCCCCCCCCCCCC. The van der Waals surface area contributed by atoms with Crippen molar-refractivity contribution in [1.82, 2.24) is 0 Å². The number of hydrogen-bond acceptors (Lipinski definition) is 11. The molecular weight excluding hydrogens is 715 g/mol. The van der Waals surface area contributed by atoms with Crippen molar-refractivity contribution in [2.75, 3.05) is 39.6 Å². The summed E-state index contributed by atoms with van der Waals surface area (Å²) in [5.41, 5.74) is 0. The number of esters is 2. The van der Waals surface area contributed by atoms with E-state index in [2.05, 4.69) is 13.8 Å². The van der Waals surface area contributed by atoms with Crippen molar-refractivity contribution < 1.29 is 57.6 Å². The summed E-state index contributed by atoms with van der Waals surface area (Å²) in [6.07, 6.45) is 27.8. The van der Waals surface area contributed by atoms with Crippen molar-refractivity contribution in [1.29, 1.82) is 0 Å². The number of aliphatic hydroxyl groups excluding tert-OH is 3. The predicted octanol–water partition coefficient (Wildman–Crippen LogP) is 9.27. The van der Waals surface area contributed by atoms with E-state index in [0.717, 1.165) is 38.5 Å². The molecule has 13 heteroatoms. The quantitative estimate of drug-likeness (QED) is 0.0262. The molecule has 0 aliphatic carbocycles. The van der Waals surface area contributed by atoms with Crippen molar-refractivity contribution in [2.24, 2.45) is 0 Å². The number of carbonyl (C=O) groups excluding carboxylic acids is 2. The molecule has 0 spiro atoms. The second kappa shape index (κ2) is 38.7. The smallest absolute Gasteiger partial charge is 0.462 e. The molecule has 54 heavy (non-hydrogen) atoms. The maximum absolute atomic E-state index is 12.7. The number of ether oxygens (including phenoxy) is 3. The topological polar surface area (TPSA) is 178 Å². The van der Waals surface area contributed by atoms with Gasteiger partial charge in [-0.15, -0.1) is 0 Å². The first-order valence-corrected chi connectivity index (χ1v) is 23.1. The minimum atomic E-state index is -4.68. The van der Waals surface area contributed by atoms with Crippen molar-refractivity contribution in [3.63, 3.8) is 0 Å². The number of hydrogen-bond donors (Lipinski definition) is 4. The van der Waals surface area contributed by atoms with Gasteiger partial charge in [-0.3, -0.25) is 18.6 Å². The molecule has 0 heterocycles. The Morgan fingerprint density at radius 3 is 1.30 bits per heavy atom. The van der Waals surface area contributed by atoms with E-state index in [1.165, 1.54) is 116 Å². The highest BCUT2D eigenvalue weighted by molar-refractivity contribution is 7.47. The van der Waals surface area contributed by atoms with Gasteiger partial charge in [0.2, 0.25) is 0 Å². The van der Waals surface area contributed by atoms with Crippen LogP contribution in [0.5, 0.6) is 0 Å². The van der Waals surface area contributed by atoms with Crippen LogP contribution < -0.4 is 0 Å². The third kappa shape index (κ3) is 37.8. The molecule has 0 saturated carbocycles. The summed E-state index contributed by atoms with van der Waals surface area (Å²) in [6, 6.07) is 0. The highest BCUT2D eigenvalue weighted by atomic mass is 31.2. The van der Waals surface area contributed by atoms with Crippen LogP contribution in [-0.2, 0) is 37.4 Å². The molecule has 0 saturated heterocycles. The molecule has 12 nitrogen and oxygen atoms in total. The van der Waals surface area contributed by atoms with Crippen molar-refractivity contribution in [2.45, 2.75) is 212 Å². The molecule has 0 aliphatic rings. The largest absolute Gasteiger partial charge is 0.472 e. The molecule has 4 atom stereocenters. The van der Waals surface area contributed by atoms with Crippen molar-refractivity contribution in [3.05, 3.63) is 0 Å². The summed E-state index contributed by atoms with van der Waals surface area (Å²) < 4.78 is 38.2. The molecule has 0 aliphatic heterocycles. The van der Waals surface area contributed by atoms with Crippen LogP contribution >= 0.6 is 7.82 Å². The van der Waals surface area contributed by atoms with Gasteiger partial charge in [0.05, 0.1) is 33.0 Å². The van der Waals surface area contributed by atoms with E-state index in [1.807, 2.05) is 0 Å². The average molecular weight is 797 g/mol. The molecule has 4 N–H and O–H groups in total. The molecule has 0 aromatic heterocycles. The lowest BCUT2D eigenvalue weighted by atomic mass is 10.0. The molecule has 1 unspecified atom stereocenters. The van der Waals surface area contributed by atoms with Crippen LogP contribution in [-0.4, -0.2) is 90.1 Å². The minimum Gasteiger partial charge on any atom is -0.462 e. The molecule has 0 amide bonds. The third-order valence-electron chi connectivity index (χ3n) is 9.38. The Morgan fingerprint density at radius 2 is 0.870 bits per heavy atom. The maximum Gasteiger partial charge on any atom is 0.472 e. The van der Waals surface area contributed by atoms with E-state index in [-0.39, 0.29) is 32.7 Å². The number of phosphoric ester groups is 1. The zero-order valence-electron chi connectivity index (χ0n) is 34.3. The van der Waals surface area contributed by atoms with Gasteiger partial charge >= 0.3 is 19.8 Å². The molecular formula is C41H81O12P. The molecule has 0 rings (SSSR count). The van der Waals surface area contributed by atoms with Gasteiger partial charge in [-0.05, 0) is 12.8 Å². The maximum atomic E-state index is 12.7. The summed E-state index contributed by atoms with van der Waals surface area (Å²) in [6.45, 7) is 1.92. The Kier molecular flexibility index (Phi) is 38.0. The zero-order chi connectivity index (χ0) is 40.0. The highest BCUT2D eigenvalue weighted by Crippen LogP contribution is 2.43. The summed E-state index contributed by atoms with van der Waals surface area (Å²) in [7, 11) is -4.68. The fourth-order valence-corrected chi connectivity index (χ4v) is 6.82. The first-order chi connectivity index (χ1) is 26.1. The van der Waals surface area contributed by atoms with Crippen molar-refractivity contribution in [3.8, 4) is 0 Å². The van der Waals surface area contributed by atoms with Crippen molar-refractivity contribution >= 4 is 19.8 Å². The van der Waals surface area contributed by atoms with Crippen LogP contribution in [0.2, 0.25) is 0 Å². The zero-order valence-corrected chi connectivity index (χ0v) is 35.2. The Morgan fingerprint density at radius 1 is 0.500 bits per heavy atom. The molecule has 0 radical (unpaired) electrons. The number of carbonyl (C=O) groups is 2. The van der Waals surface area contributed by atoms with E-state index in [0.29, 0.717) is 12.8 Å². The molecule has 0 aromatic rings. The van der Waals surface area contributed by atoms with E-state index in [4.69, 9.17) is 28.4 Å². The van der Waals surface area contributed by atoms with Crippen LogP contribution in [0.1, 0.15) is 194 Å². The van der Waals surface area contributed by atoms with Gasteiger partial charge in [-0.2, -0.15) is 0 Å². The van der Waals surface area contributed by atoms with Crippen LogP contribution in [0.25, 0.3) is 0 Å². The number of phosphoric acid groups is 1. The summed E-state index contributed by atoms with van der Waals surface area (Å²) in [4.78, 5) is 35.3.